The zero-order valence-corrected chi connectivity index (χ0v) is 11.9. The van der Waals surface area contributed by atoms with Crippen LogP contribution in [0.2, 0.25) is 0 Å². The van der Waals surface area contributed by atoms with Crippen LogP contribution in [-0.4, -0.2) is 52.2 Å². The first-order chi connectivity index (χ1) is 10.9. The highest BCUT2D eigenvalue weighted by molar-refractivity contribution is 6.01. The number of hydrogen-bond donors (Lipinski definition) is 2. The van der Waals surface area contributed by atoms with E-state index in [1.54, 1.807) is 6.07 Å². The number of amides is 1. The first-order valence-corrected chi connectivity index (χ1v) is 6.63. The van der Waals surface area contributed by atoms with Crippen LogP contribution in [0.1, 0.15) is 5.56 Å². The normalized spacial score (nSPS) is 15.1. The van der Waals surface area contributed by atoms with Crippen LogP contribution in [0.4, 0.5) is 5.69 Å². The van der Waals surface area contributed by atoms with Crippen molar-refractivity contribution >= 4 is 17.7 Å². The lowest BCUT2D eigenvalue weighted by molar-refractivity contribution is -0.386. The van der Waals surface area contributed by atoms with Crippen molar-refractivity contribution < 1.29 is 24.7 Å². The molecule has 1 heterocycles. The lowest BCUT2D eigenvalue weighted by atomic mass is 10.1. The Labute approximate surface area is 130 Å². The summed E-state index contributed by atoms with van der Waals surface area (Å²) < 4.78 is 5.12. The van der Waals surface area contributed by atoms with Gasteiger partial charge in [-0.2, -0.15) is 5.26 Å². The second-order valence-corrected chi connectivity index (χ2v) is 4.74. The fourth-order valence-corrected chi connectivity index (χ4v) is 2.09. The fourth-order valence-electron chi connectivity index (χ4n) is 2.09. The summed E-state index contributed by atoms with van der Waals surface area (Å²) >= 11 is 0. The Morgan fingerprint density at radius 1 is 1.39 bits per heavy atom. The summed E-state index contributed by atoms with van der Waals surface area (Å²) in [5, 5.41) is 38.9. The van der Waals surface area contributed by atoms with Crippen molar-refractivity contribution in [3.05, 3.63) is 33.4 Å². The minimum absolute atomic E-state index is 0.0603. The van der Waals surface area contributed by atoms with E-state index in [0.717, 1.165) is 18.2 Å². The Morgan fingerprint density at radius 2 is 2.04 bits per heavy atom. The third kappa shape index (κ3) is 3.56. The number of carbonyl (C=O) groups excluding carboxylic acids is 1. The molecule has 0 spiro atoms. The Hall–Kier alpha value is -3.12. The second kappa shape index (κ2) is 6.76. The topological polar surface area (TPSA) is 137 Å². The lowest BCUT2D eigenvalue weighted by Gasteiger charge is -2.26. The summed E-state index contributed by atoms with van der Waals surface area (Å²) in [6.07, 6.45) is 1.13. The third-order valence-electron chi connectivity index (χ3n) is 3.25. The molecule has 1 aromatic rings. The molecule has 120 valence electrons. The van der Waals surface area contributed by atoms with Gasteiger partial charge in [0.1, 0.15) is 11.6 Å². The Kier molecular flexibility index (Phi) is 4.78. The summed E-state index contributed by atoms with van der Waals surface area (Å²) in [4.78, 5) is 23.6. The van der Waals surface area contributed by atoms with Crippen molar-refractivity contribution in [3.8, 4) is 17.6 Å². The summed E-state index contributed by atoms with van der Waals surface area (Å²) in [7, 11) is 0. The van der Waals surface area contributed by atoms with Crippen LogP contribution in [0.25, 0.3) is 6.08 Å². The molecule has 0 aromatic heterocycles. The van der Waals surface area contributed by atoms with Gasteiger partial charge in [-0.05, 0) is 17.7 Å². The van der Waals surface area contributed by atoms with E-state index in [2.05, 4.69) is 0 Å². The number of benzene rings is 1. The molecule has 9 nitrogen and oxygen atoms in total. The van der Waals surface area contributed by atoms with Crippen LogP contribution in [0, 0.1) is 21.4 Å². The average molecular weight is 319 g/mol. The van der Waals surface area contributed by atoms with Crippen molar-refractivity contribution in [2.75, 3.05) is 26.3 Å². The third-order valence-corrected chi connectivity index (χ3v) is 3.25. The first kappa shape index (κ1) is 16.3. The zero-order chi connectivity index (χ0) is 17.0. The van der Waals surface area contributed by atoms with Crippen LogP contribution in [0.5, 0.6) is 11.5 Å². The molecule has 9 heteroatoms. The van der Waals surface area contributed by atoms with Crippen molar-refractivity contribution in [1.29, 1.82) is 5.26 Å². The summed E-state index contributed by atoms with van der Waals surface area (Å²) in [5.74, 6) is -2.10. The first-order valence-electron chi connectivity index (χ1n) is 6.63. The maximum atomic E-state index is 12.2. The molecule has 0 aliphatic carbocycles. The molecule has 1 fully saturated rings. The quantitative estimate of drug-likeness (QED) is 0.276. The van der Waals surface area contributed by atoms with Gasteiger partial charge >= 0.3 is 5.69 Å². The predicted octanol–water partition coefficient (Wildman–Crippen LogP) is 0.772. The van der Waals surface area contributed by atoms with E-state index in [4.69, 9.17) is 10.00 Å². The van der Waals surface area contributed by atoms with Gasteiger partial charge in [0.25, 0.3) is 5.91 Å². The van der Waals surface area contributed by atoms with E-state index >= 15 is 0 Å². The van der Waals surface area contributed by atoms with Gasteiger partial charge in [0.15, 0.2) is 5.75 Å². The van der Waals surface area contributed by atoms with Gasteiger partial charge in [-0.1, -0.05) is 0 Å². The minimum Gasteiger partial charge on any atom is -0.504 e. The standard InChI is InChI=1S/C14H13N3O6/c15-8-10(14(20)16-1-3-23-4-2-16)5-9-6-11(17(21)22)13(19)12(18)7-9/h5-7,18-19H,1-4H2/b10-5+. The number of ether oxygens (including phenoxy) is 1. The van der Waals surface area contributed by atoms with Crippen LogP contribution in [0.15, 0.2) is 17.7 Å². The fraction of sp³-hybridized carbons (Fsp3) is 0.286. The van der Waals surface area contributed by atoms with Crippen LogP contribution in [0.3, 0.4) is 0 Å². The molecule has 0 radical (unpaired) electrons. The summed E-state index contributed by atoms with van der Waals surface area (Å²) in [6, 6.07) is 3.75. The number of nitro benzene ring substituents is 1. The van der Waals surface area contributed by atoms with Gasteiger partial charge < -0.3 is 19.8 Å². The van der Waals surface area contributed by atoms with E-state index in [9.17, 15) is 25.1 Å². The van der Waals surface area contributed by atoms with E-state index in [0.29, 0.717) is 26.3 Å². The largest absolute Gasteiger partial charge is 0.504 e. The number of aromatic hydroxyl groups is 2. The molecule has 1 aromatic carbocycles. The van der Waals surface area contributed by atoms with E-state index in [1.807, 2.05) is 0 Å². The lowest BCUT2D eigenvalue weighted by Crippen LogP contribution is -2.41. The highest BCUT2D eigenvalue weighted by atomic mass is 16.6. The number of nitrogens with zero attached hydrogens (tertiary/aromatic N) is 3. The number of carbonyl (C=O) groups is 1. The maximum absolute atomic E-state index is 12.2. The maximum Gasteiger partial charge on any atom is 0.315 e. The average Bonchev–Trinajstić information content (AvgIpc) is 2.55. The molecule has 1 aliphatic heterocycles. The molecule has 0 unspecified atom stereocenters. The molecule has 0 bridgehead atoms. The van der Waals surface area contributed by atoms with Crippen molar-refractivity contribution in [2.45, 2.75) is 0 Å². The van der Waals surface area contributed by atoms with Gasteiger partial charge in [0.2, 0.25) is 5.75 Å². The Balaban J connectivity index is 2.36. The monoisotopic (exact) mass is 319 g/mol. The SMILES string of the molecule is N#C/C(=C\c1cc(O)c(O)c([N+](=O)[O-])c1)C(=O)N1CCOCC1. The number of morpholine rings is 1. The molecular formula is C14H13N3O6. The Morgan fingerprint density at radius 3 is 2.61 bits per heavy atom. The second-order valence-electron chi connectivity index (χ2n) is 4.74. The summed E-state index contributed by atoms with van der Waals surface area (Å²) in [6.45, 7) is 1.43. The van der Waals surface area contributed by atoms with Crippen LogP contribution in [-0.2, 0) is 9.53 Å². The molecule has 2 rings (SSSR count). The molecule has 23 heavy (non-hydrogen) atoms. The van der Waals surface area contributed by atoms with Gasteiger partial charge in [0.05, 0.1) is 18.1 Å². The Bertz CT molecular complexity index is 716. The van der Waals surface area contributed by atoms with Gasteiger partial charge in [-0.25, -0.2) is 0 Å². The van der Waals surface area contributed by atoms with Crippen molar-refractivity contribution in [3.63, 3.8) is 0 Å². The van der Waals surface area contributed by atoms with Gasteiger partial charge in [-0.15, -0.1) is 0 Å². The number of phenols is 2. The number of hydrogen-bond acceptors (Lipinski definition) is 7. The highest BCUT2D eigenvalue weighted by Crippen LogP contribution is 2.36. The van der Waals surface area contributed by atoms with Gasteiger partial charge in [-0.3, -0.25) is 14.9 Å². The molecule has 1 aliphatic rings. The number of phenolic OH excluding ortho intramolecular Hbond substituents is 2. The van der Waals surface area contributed by atoms with Crippen molar-refractivity contribution in [1.82, 2.24) is 4.90 Å². The summed E-state index contributed by atoms with van der Waals surface area (Å²) in [5.41, 5.74) is -0.885. The van der Waals surface area contributed by atoms with Crippen molar-refractivity contribution in [2.24, 2.45) is 0 Å². The molecule has 1 amide bonds. The number of nitriles is 1. The number of rotatable bonds is 3. The van der Waals surface area contributed by atoms with E-state index in [-0.39, 0.29) is 11.1 Å². The van der Waals surface area contributed by atoms with Gasteiger partial charge in [0, 0.05) is 19.2 Å². The molecule has 0 atom stereocenters. The van der Waals surface area contributed by atoms with Crippen LogP contribution < -0.4 is 0 Å². The minimum atomic E-state index is -0.873. The molecular weight excluding hydrogens is 306 g/mol. The highest BCUT2D eigenvalue weighted by Gasteiger charge is 2.22. The van der Waals surface area contributed by atoms with Crippen LogP contribution >= 0.6 is 0 Å². The molecule has 0 saturated carbocycles. The molecule has 1 saturated heterocycles. The zero-order valence-electron chi connectivity index (χ0n) is 11.9. The number of nitro groups is 1. The molecule has 2 N–H and O–H groups in total. The predicted molar refractivity (Wildman–Crippen MR) is 77.4 cm³/mol. The smallest absolute Gasteiger partial charge is 0.315 e. The van der Waals surface area contributed by atoms with E-state index in [1.165, 1.54) is 4.90 Å². The van der Waals surface area contributed by atoms with E-state index < -0.39 is 28.0 Å².